The van der Waals surface area contributed by atoms with Gasteiger partial charge < -0.3 is 15.6 Å². The number of ether oxygens (including phenoxy) is 1. The average Bonchev–Trinajstić information content (AvgIpc) is 2.82. The first-order valence-electron chi connectivity index (χ1n) is 6.47. The smallest absolute Gasteiger partial charge is 0.0594 e. The fourth-order valence-electron chi connectivity index (χ4n) is 3.44. The van der Waals surface area contributed by atoms with Crippen molar-refractivity contribution in [1.29, 1.82) is 0 Å². The Bertz CT molecular complexity index is 207. The molecular weight excluding hydrogens is 204 g/mol. The number of morpholine rings is 1. The predicted octanol–water partition coefficient (Wildman–Crippen LogP) is 0.199. The second-order valence-corrected chi connectivity index (χ2v) is 5.03. The maximum absolute atomic E-state index is 9.54. The minimum atomic E-state index is 0.160. The van der Waals surface area contributed by atoms with E-state index in [-0.39, 0.29) is 18.1 Å². The van der Waals surface area contributed by atoms with Crippen molar-refractivity contribution in [3.63, 3.8) is 0 Å². The maximum atomic E-state index is 9.54. The lowest BCUT2D eigenvalue weighted by Crippen LogP contribution is -2.58. The maximum Gasteiger partial charge on any atom is 0.0594 e. The molecule has 1 unspecified atom stereocenters. The van der Waals surface area contributed by atoms with Gasteiger partial charge in [0.2, 0.25) is 0 Å². The molecule has 2 rings (SSSR count). The number of aliphatic hydroxyl groups is 1. The van der Waals surface area contributed by atoms with E-state index in [1.807, 2.05) is 0 Å². The van der Waals surface area contributed by atoms with E-state index in [1.165, 1.54) is 25.7 Å². The van der Waals surface area contributed by atoms with Crippen LogP contribution < -0.4 is 5.73 Å². The summed E-state index contributed by atoms with van der Waals surface area (Å²) in [5.74, 6) is 0.230. The van der Waals surface area contributed by atoms with Crippen LogP contribution in [-0.4, -0.2) is 55.0 Å². The molecule has 4 heteroatoms. The minimum absolute atomic E-state index is 0.160. The lowest BCUT2D eigenvalue weighted by Gasteiger charge is -2.47. The van der Waals surface area contributed by atoms with E-state index in [2.05, 4.69) is 4.90 Å². The molecule has 94 valence electrons. The van der Waals surface area contributed by atoms with Crippen molar-refractivity contribution in [3.8, 4) is 0 Å². The Morgan fingerprint density at radius 3 is 2.38 bits per heavy atom. The highest BCUT2D eigenvalue weighted by Crippen LogP contribution is 2.41. The van der Waals surface area contributed by atoms with Crippen molar-refractivity contribution >= 4 is 0 Å². The van der Waals surface area contributed by atoms with E-state index in [0.717, 1.165) is 26.3 Å². The molecule has 0 bridgehead atoms. The Hall–Kier alpha value is -0.160. The van der Waals surface area contributed by atoms with Crippen LogP contribution in [0.5, 0.6) is 0 Å². The molecule has 1 aliphatic heterocycles. The summed E-state index contributed by atoms with van der Waals surface area (Å²) in [6, 6.07) is 0. The van der Waals surface area contributed by atoms with E-state index in [9.17, 15) is 5.11 Å². The van der Waals surface area contributed by atoms with Crippen molar-refractivity contribution in [2.45, 2.75) is 31.2 Å². The van der Waals surface area contributed by atoms with Crippen LogP contribution in [-0.2, 0) is 4.74 Å². The van der Waals surface area contributed by atoms with Gasteiger partial charge in [-0.3, -0.25) is 4.90 Å². The summed E-state index contributed by atoms with van der Waals surface area (Å²) in [4.78, 5) is 2.53. The third kappa shape index (κ3) is 2.12. The Morgan fingerprint density at radius 2 is 1.88 bits per heavy atom. The zero-order valence-corrected chi connectivity index (χ0v) is 10.0. The van der Waals surface area contributed by atoms with Crippen LogP contribution in [0.3, 0.4) is 0 Å². The van der Waals surface area contributed by atoms with Crippen molar-refractivity contribution in [2.24, 2.45) is 11.7 Å². The molecule has 0 aromatic heterocycles. The van der Waals surface area contributed by atoms with Crippen LogP contribution >= 0.6 is 0 Å². The van der Waals surface area contributed by atoms with Gasteiger partial charge in [-0.15, -0.1) is 0 Å². The van der Waals surface area contributed by atoms with E-state index in [1.54, 1.807) is 0 Å². The summed E-state index contributed by atoms with van der Waals surface area (Å²) in [6.07, 6.45) is 4.92. The first-order valence-corrected chi connectivity index (χ1v) is 6.47. The highest BCUT2D eigenvalue weighted by atomic mass is 16.5. The molecule has 2 aliphatic rings. The molecule has 0 spiro atoms. The highest BCUT2D eigenvalue weighted by molar-refractivity contribution is 5.00. The molecule has 0 aromatic carbocycles. The van der Waals surface area contributed by atoms with Crippen molar-refractivity contribution < 1.29 is 9.84 Å². The van der Waals surface area contributed by atoms with Crippen molar-refractivity contribution in [2.75, 3.05) is 39.5 Å². The van der Waals surface area contributed by atoms with Crippen LogP contribution in [0.1, 0.15) is 25.7 Å². The van der Waals surface area contributed by atoms with E-state index in [4.69, 9.17) is 10.5 Å². The van der Waals surface area contributed by atoms with E-state index in [0.29, 0.717) is 6.54 Å². The van der Waals surface area contributed by atoms with Gasteiger partial charge in [0, 0.05) is 31.2 Å². The largest absolute Gasteiger partial charge is 0.396 e. The number of nitrogens with two attached hydrogens (primary N) is 1. The van der Waals surface area contributed by atoms with E-state index >= 15 is 0 Å². The summed E-state index contributed by atoms with van der Waals surface area (Å²) in [5, 5.41) is 9.54. The third-order valence-electron chi connectivity index (χ3n) is 4.38. The minimum Gasteiger partial charge on any atom is -0.396 e. The fourth-order valence-corrected chi connectivity index (χ4v) is 3.44. The molecule has 4 nitrogen and oxygen atoms in total. The monoisotopic (exact) mass is 228 g/mol. The Labute approximate surface area is 97.7 Å². The van der Waals surface area contributed by atoms with Gasteiger partial charge in [0.1, 0.15) is 0 Å². The predicted molar refractivity (Wildman–Crippen MR) is 63.2 cm³/mol. The molecule has 3 N–H and O–H groups in total. The lowest BCUT2D eigenvalue weighted by atomic mass is 9.80. The topological polar surface area (TPSA) is 58.7 Å². The fraction of sp³-hybridized carbons (Fsp3) is 1.00. The van der Waals surface area contributed by atoms with Crippen molar-refractivity contribution in [1.82, 2.24) is 4.90 Å². The summed E-state index contributed by atoms with van der Waals surface area (Å²) < 4.78 is 5.42. The molecule has 2 fully saturated rings. The van der Waals surface area contributed by atoms with Gasteiger partial charge in [0.15, 0.2) is 0 Å². The highest BCUT2D eigenvalue weighted by Gasteiger charge is 2.45. The summed E-state index contributed by atoms with van der Waals surface area (Å²) in [5.41, 5.74) is 6.00. The lowest BCUT2D eigenvalue weighted by molar-refractivity contribution is -0.0532. The number of hydrogen-bond acceptors (Lipinski definition) is 4. The molecule has 0 amide bonds. The van der Waals surface area contributed by atoms with Crippen LogP contribution in [0, 0.1) is 5.92 Å². The molecular formula is C12H24N2O2. The number of nitrogens with zero attached hydrogens (tertiary/aromatic N) is 1. The number of rotatable bonds is 4. The van der Waals surface area contributed by atoms with Gasteiger partial charge in [-0.25, -0.2) is 0 Å². The molecule has 0 radical (unpaired) electrons. The Kier molecular flexibility index (Phi) is 4.19. The van der Waals surface area contributed by atoms with Crippen LogP contribution in [0.4, 0.5) is 0 Å². The third-order valence-corrected chi connectivity index (χ3v) is 4.38. The first-order chi connectivity index (χ1) is 7.83. The zero-order chi connectivity index (χ0) is 11.4. The Morgan fingerprint density at radius 1 is 1.25 bits per heavy atom. The summed E-state index contributed by atoms with van der Waals surface area (Å²) in [7, 11) is 0. The quantitative estimate of drug-likeness (QED) is 0.721. The molecule has 1 atom stereocenters. The van der Waals surface area contributed by atoms with Gasteiger partial charge in [0.05, 0.1) is 13.2 Å². The summed E-state index contributed by atoms with van der Waals surface area (Å²) >= 11 is 0. The first kappa shape index (κ1) is 12.3. The zero-order valence-electron chi connectivity index (χ0n) is 10.0. The number of hydrogen-bond donors (Lipinski definition) is 2. The van der Waals surface area contributed by atoms with Gasteiger partial charge in [0.25, 0.3) is 0 Å². The second kappa shape index (κ2) is 5.45. The summed E-state index contributed by atoms with van der Waals surface area (Å²) in [6.45, 7) is 4.45. The Balaban J connectivity index is 2.12. The van der Waals surface area contributed by atoms with Gasteiger partial charge in [-0.05, 0) is 19.4 Å². The molecule has 1 saturated carbocycles. The SMILES string of the molecule is NCC(CO)C1(N2CCOCC2)CCCC1. The van der Waals surface area contributed by atoms with Gasteiger partial charge in [-0.2, -0.15) is 0 Å². The van der Waals surface area contributed by atoms with Gasteiger partial charge in [-0.1, -0.05) is 12.8 Å². The normalized spacial score (nSPS) is 28.1. The van der Waals surface area contributed by atoms with Crippen molar-refractivity contribution in [3.05, 3.63) is 0 Å². The average molecular weight is 228 g/mol. The van der Waals surface area contributed by atoms with Crippen LogP contribution in [0.15, 0.2) is 0 Å². The van der Waals surface area contributed by atoms with E-state index < -0.39 is 0 Å². The molecule has 1 aliphatic carbocycles. The second-order valence-electron chi connectivity index (χ2n) is 5.03. The molecule has 16 heavy (non-hydrogen) atoms. The number of aliphatic hydroxyl groups excluding tert-OH is 1. The van der Waals surface area contributed by atoms with Gasteiger partial charge >= 0.3 is 0 Å². The molecule has 1 heterocycles. The standard InChI is InChI=1S/C12H24N2O2/c13-9-11(10-15)12(3-1-2-4-12)14-5-7-16-8-6-14/h11,15H,1-10,13H2. The van der Waals surface area contributed by atoms with Crippen LogP contribution in [0.25, 0.3) is 0 Å². The molecule has 0 aromatic rings. The van der Waals surface area contributed by atoms with Crippen LogP contribution in [0.2, 0.25) is 0 Å². The molecule has 1 saturated heterocycles.